The van der Waals surface area contributed by atoms with Crippen LogP contribution in [-0.2, 0) is 0 Å². The monoisotopic (exact) mass is 393 g/mol. The van der Waals surface area contributed by atoms with Crippen molar-refractivity contribution < 1.29 is 4.63 Å². The third-order valence-corrected chi connectivity index (χ3v) is 3.99. The van der Waals surface area contributed by atoms with E-state index in [9.17, 15) is 0 Å². The third kappa shape index (κ3) is 1.92. The van der Waals surface area contributed by atoms with Crippen molar-refractivity contribution in [3.63, 3.8) is 0 Å². The summed E-state index contributed by atoms with van der Waals surface area (Å²) in [6.45, 7) is 1.84. The summed E-state index contributed by atoms with van der Waals surface area (Å²) in [4.78, 5) is 4.41. The maximum absolute atomic E-state index is 4.76. The molecule has 0 fully saturated rings. The van der Waals surface area contributed by atoms with Gasteiger partial charge < -0.3 is 5.32 Å². The summed E-state index contributed by atoms with van der Waals surface area (Å²) in [6, 6.07) is 7.90. The van der Waals surface area contributed by atoms with Crippen LogP contribution in [-0.4, -0.2) is 29.9 Å². The van der Waals surface area contributed by atoms with E-state index in [1.54, 1.807) is 4.40 Å². The Balaban J connectivity index is 1.97. The molecular weight excluding hydrogens is 385 g/mol. The first-order chi connectivity index (χ1) is 10.2. The molecule has 0 aliphatic heterocycles. The van der Waals surface area contributed by atoms with Gasteiger partial charge in [0.2, 0.25) is 16.9 Å². The van der Waals surface area contributed by atoms with E-state index < -0.39 is 0 Å². The first-order valence-electron chi connectivity index (χ1n) is 6.09. The molecule has 0 unspecified atom stereocenters. The summed E-state index contributed by atoms with van der Waals surface area (Å²) < 4.78 is 7.59. The molecule has 21 heavy (non-hydrogen) atoms. The lowest BCUT2D eigenvalue weighted by Crippen LogP contribution is -2.01. The highest BCUT2D eigenvalue weighted by Crippen LogP contribution is 2.25. The second kappa shape index (κ2) is 4.62. The maximum Gasteiger partial charge on any atom is 0.244 e. The highest BCUT2D eigenvalue weighted by Gasteiger charge is 2.17. The minimum atomic E-state index is 0.402. The van der Waals surface area contributed by atoms with E-state index in [1.807, 2.05) is 31.2 Å². The van der Waals surface area contributed by atoms with Crippen LogP contribution >= 0.6 is 22.6 Å². The van der Waals surface area contributed by atoms with E-state index in [4.69, 9.17) is 4.63 Å². The number of halogens is 1. The van der Waals surface area contributed by atoms with E-state index in [0.717, 1.165) is 9.26 Å². The van der Waals surface area contributed by atoms with Crippen molar-refractivity contribution in [3.05, 3.63) is 33.7 Å². The molecule has 0 atom stereocenters. The van der Waals surface area contributed by atoms with Gasteiger partial charge in [-0.1, -0.05) is 12.1 Å². The number of nitrogens with zero attached hydrogens (tertiary/aromatic N) is 6. The lowest BCUT2D eigenvalue weighted by atomic mass is 10.3. The summed E-state index contributed by atoms with van der Waals surface area (Å²) in [5.41, 5.74) is 2.42. The van der Waals surface area contributed by atoms with Gasteiger partial charge in [-0.25, -0.2) is 9.61 Å². The number of fused-ring (bicyclic) bond motifs is 3. The smallest absolute Gasteiger partial charge is 0.244 e. The molecule has 1 aromatic carbocycles. The number of hydrogen-bond donors (Lipinski definition) is 1. The van der Waals surface area contributed by atoms with Crippen LogP contribution in [0.2, 0.25) is 0 Å². The topological polar surface area (TPSA) is 94.0 Å². The molecule has 0 aliphatic carbocycles. The normalized spacial score (nSPS) is 11.3. The molecule has 4 aromatic rings. The fourth-order valence-electron chi connectivity index (χ4n) is 2.09. The summed E-state index contributed by atoms with van der Waals surface area (Å²) in [7, 11) is 0. The van der Waals surface area contributed by atoms with E-state index >= 15 is 0 Å². The Morgan fingerprint density at radius 1 is 1.14 bits per heavy atom. The molecule has 4 rings (SSSR count). The number of nitrogens with one attached hydrogen (secondary N) is 1. The van der Waals surface area contributed by atoms with Crippen molar-refractivity contribution in [2.75, 3.05) is 5.32 Å². The minimum absolute atomic E-state index is 0.402. The minimum Gasteiger partial charge on any atom is -0.336 e. The quantitative estimate of drug-likeness (QED) is 0.523. The average Bonchev–Trinajstić information content (AvgIpc) is 3.08. The van der Waals surface area contributed by atoms with Crippen molar-refractivity contribution >= 4 is 51.0 Å². The van der Waals surface area contributed by atoms with Gasteiger partial charge in [-0.15, -0.1) is 10.2 Å². The van der Waals surface area contributed by atoms with Crippen LogP contribution in [0.25, 0.3) is 16.9 Å². The number of anilines is 2. The number of benzene rings is 1. The van der Waals surface area contributed by atoms with Gasteiger partial charge in [-0.3, -0.25) is 4.40 Å². The highest BCUT2D eigenvalue weighted by atomic mass is 127. The zero-order chi connectivity index (χ0) is 14.4. The number of para-hydroxylation sites is 1. The molecule has 0 radical (unpaired) electrons. The van der Waals surface area contributed by atoms with E-state index in [2.05, 4.69) is 53.4 Å². The number of aromatic nitrogens is 6. The number of hydrogen-bond acceptors (Lipinski definition) is 7. The van der Waals surface area contributed by atoms with Gasteiger partial charge in [-0.05, 0) is 52.0 Å². The van der Waals surface area contributed by atoms with Crippen LogP contribution in [0.4, 0.5) is 11.5 Å². The fraction of sp³-hybridized carbons (Fsp3) is 0.0833. The molecule has 3 heterocycles. The SMILES string of the molecule is Cc1nnc2c(Nc3ccccc3I)nc3nonc3n12. The van der Waals surface area contributed by atoms with E-state index in [0.29, 0.717) is 28.6 Å². The molecule has 0 saturated carbocycles. The van der Waals surface area contributed by atoms with Crippen molar-refractivity contribution in [1.82, 2.24) is 29.9 Å². The third-order valence-electron chi connectivity index (χ3n) is 3.05. The molecule has 3 aromatic heterocycles. The number of aryl methyl sites for hydroxylation is 1. The van der Waals surface area contributed by atoms with Gasteiger partial charge in [-0.2, -0.15) is 0 Å². The lowest BCUT2D eigenvalue weighted by molar-refractivity contribution is 0.313. The predicted molar refractivity (Wildman–Crippen MR) is 83.3 cm³/mol. The van der Waals surface area contributed by atoms with E-state index in [-0.39, 0.29) is 0 Å². The highest BCUT2D eigenvalue weighted by molar-refractivity contribution is 14.1. The zero-order valence-electron chi connectivity index (χ0n) is 10.8. The molecule has 9 heteroatoms. The zero-order valence-corrected chi connectivity index (χ0v) is 12.9. The van der Waals surface area contributed by atoms with Gasteiger partial charge in [0.1, 0.15) is 5.82 Å². The molecule has 1 N–H and O–H groups in total. The largest absolute Gasteiger partial charge is 0.336 e. The van der Waals surface area contributed by atoms with Gasteiger partial charge in [0.15, 0.2) is 5.82 Å². The second-order valence-corrected chi connectivity index (χ2v) is 5.55. The second-order valence-electron chi connectivity index (χ2n) is 4.38. The Morgan fingerprint density at radius 3 is 2.86 bits per heavy atom. The first kappa shape index (κ1) is 12.4. The Morgan fingerprint density at radius 2 is 2.00 bits per heavy atom. The van der Waals surface area contributed by atoms with Gasteiger partial charge in [0.05, 0.1) is 5.69 Å². The van der Waals surface area contributed by atoms with Crippen LogP contribution in [0.3, 0.4) is 0 Å². The van der Waals surface area contributed by atoms with Crippen LogP contribution in [0, 0.1) is 10.5 Å². The van der Waals surface area contributed by atoms with Crippen molar-refractivity contribution in [2.45, 2.75) is 6.92 Å². The molecule has 0 amide bonds. The first-order valence-corrected chi connectivity index (χ1v) is 7.17. The van der Waals surface area contributed by atoms with Crippen molar-refractivity contribution in [3.8, 4) is 0 Å². The molecule has 0 aliphatic rings. The Bertz CT molecular complexity index is 961. The Hall–Kier alpha value is -2.30. The van der Waals surface area contributed by atoms with Crippen LogP contribution in [0.15, 0.2) is 28.9 Å². The fourth-order valence-corrected chi connectivity index (χ4v) is 2.61. The summed E-state index contributed by atoms with van der Waals surface area (Å²) in [6.07, 6.45) is 0. The molecule has 0 saturated heterocycles. The average molecular weight is 393 g/mol. The van der Waals surface area contributed by atoms with Crippen molar-refractivity contribution in [2.24, 2.45) is 0 Å². The Kier molecular flexibility index (Phi) is 2.74. The standard InChI is InChI=1S/C12H8IN7O/c1-6-16-17-11-9(14-8-5-3-2-4-7(8)13)15-10-12(20(6)11)19-21-18-10/h2-5H,1H3,(H,14,15,18). The number of rotatable bonds is 2. The Labute approximate surface area is 131 Å². The van der Waals surface area contributed by atoms with Gasteiger partial charge in [0.25, 0.3) is 0 Å². The summed E-state index contributed by atoms with van der Waals surface area (Å²) >= 11 is 2.25. The summed E-state index contributed by atoms with van der Waals surface area (Å²) in [5, 5.41) is 19.1. The summed E-state index contributed by atoms with van der Waals surface area (Å²) in [5.74, 6) is 1.25. The lowest BCUT2D eigenvalue weighted by Gasteiger charge is -2.08. The predicted octanol–water partition coefficient (Wildman–Crippen LogP) is 2.32. The molecular formula is C12H8IN7O. The van der Waals surface area contributed by atoms with E-state index in [1.165, 1.54) is 0 Å². The molecule has 104 valence electrons. The van der Waals surface area contributed by atoms with Gasteiger partial charge >= 0.3 is 0 Å². The van der Waals surface area contributed by atoms with Crippen LogP contribution < -0.4 is 5.32 Å². The van der Waals surface area contributed by atoms with Crippen LogP contribution in [0.5, 0.6) is 0 Å². The van der Waals surface area contributed by atoms with Crippen LogP contribution in [0.1, 0.15) is 5.82 Å². The van der Waals surface area contributed by atoms with Crippen molar-refractivity contribution in [1.29, 1.82) is 0 Å². The molecule has 8 nitrogen and oxygen atoms in total. The molecule has 0 bridgehead atoms. The maximum atomic E-state index is 4.76. The molecule has 0 spiro atoms. The van der Waals surface area contributed by atoms with Gasteiger partial charge in [0, 0.05) is 3.57 Å².